The first kappa shape index (κ1) is 21.4. The Kier molecular flexibility index (Phi) is 6.78. The van der Waals surface area contributed by atoms with Gasteiger partial charge in [0.1, 0.15) is 17.6 Å². The molecule has 0 radical (unpaired) electrons. The van der Waals surface area contributed by atoms with Crippen LogP contribution in [0.1, 0.15) is 11.1 Å². The molecule has 0 saturated carbocycles. The zero-order valence-corrected chi connectivity index (χ0v) is 17.7. The van der Waals surface area contributed by atoms with Gasteiger partial charge in [-0.2, -0.15) is 5.26 Å². The van der Waals surface area contributed by atoms with Gasteiger partial charge in [-0.1, -0.05) is 60.1 Å². The largest absolute Gasteiger partial charge is 0.493 e. The standard InChI is InChI=1S/C23H18ClNO4S/c1-28-22-13-7-9-17(23(22)29-16-18-8-5-6-12-21(18)24)14-20(15-25)30(26,27)19-10-3-2-4-11-19/h2-14H,16H2,1H3. The Morgan fingerprint density at radius 3 is 2.40 bits per heavy atom. The van der Waals surface area contributed by atoms with Crippen LogP contribution >= 0.6 is 11.6 Å². The molecule has 152 valence electrons. The van der Waals surface area contributed by atoms with Gasteiger partial charge in [0.05, 0.1) is 12.0 Å². The highest BCUT2D eigenvalue weighted by molar-refractivity contribution is 7.95. The van der Waals surface area contributed by atoms with E-state index >= 15 is 0 Å². The fourth-order valence-electron chi connectivity index (χ4n) is 2.76. The zero-order chi connectivity index (χ0) is 21.6. The van der Waals surface area contributed by atoms with E-state index < -0.39 is 14.7 Å². The quantitative estimate of drug-likeness (QED) is 0.469. The maximum atomic E-state index is 12.9. The minimum atomic E-state index is -3.98. The summed E-state index contributed by atoms with van der Waals surface area (Å²) in [5, 5.41) is 10.1. The molecule has 30 heavy (non-hydrogen) atoms. The van der Waals surface area contributed by atoms with Gasteiger partial charge in [-0.05, 0) is 30.3 Å². The van der Waals surface area contributed by atoms with Gasteiger partial charge < -0.3 is 9.47 Å². The third-order valence-corrected chi connectivity index (χ3v) is 6.35. The number of sulfone groups is 1. The number of ether oxygens (including phenoxy) is 2. The topological polar surface area (TPSA) is 76.4 Å². The molecule has 0 aliphatic rings. The molecular weight excluding hydrogens is 422 g/mol. The molecule has 0 N–H and O–H groups in total. The van der Waals surface area contributed by atoms with E-state index in [2.05, 4.69) is 0 Å². The zero-order valence-electron chi connectivity index (χ0n) is 16.1. The van der Waals surface area contributed by atoms with Crippen molar-refractivity contribution in [2.24, 2.45) is 0 Å². The highest BCUT2D eigenvalue weighted by Crippen LogP contribution is 2.35. The summed E-state index contributed by atoms with van der Waals surface area (Å²) in [7, 11) is -2.49. The lowest BCUT2D eigenvalue weighted by Crippen LogP contribution is -2.04. The van der Waals surface area contributed by atoms with Crippen molar-refractivity contribution in [3.63, 3.8) is 0 Å². The summed E-state index contributed by atoms with van der Waals surface area (Å²) in [6.45, 7) is 0.147. The lowest BCUT2D eigenvalue weighted by atomic mass is 10.1. The first-order valence-electron chi connectivity index (χ1n) is 8.92. The van der Waals surface area contributed by atoms with Crippen LogP contribution in [-0.4, -0.2) is 15.5 Å². The van der Waals surface area contributed by atoms with Gasteiger partial charge in [-0.25, -0.2) is 8.42 Å². The molecule has 0 fully saturated rings. The molecule has 5 nitrogen and oxygen atoms in total. The van der Waals surface area contributed by atoms with Crippen LogP contribution in [-0.2, 0) is 16.4 Å². The highest BCUT2D eigenvalue weighted by atomic mass is 35.5. The molecule has 0 saturated heterocycles. The second-order valence-corrected chi connectivity index (χ2v) is 8.52. The number of nitrogens with zero attached hydrogens (tertiary/aromatic N) is 1. The van der Waals surface area contributed by atoms with Gasteiger partial charge in [-0.15, -0.1) is 0 Å². The summed E-state index contributed by atoms with van der Waals surface area (Å²) >= 11 is 6.19. The van der Waals surface area contributed by atoms with Crippen LogP contribution in [0.15, 0.2) is 82.6 Å². The van der Waals surface area contributed by atoms with E-state index in [1.807, 2.05) is 18.2 Å². The lowest BCUT2D eigenvalue weighted by molar-refractivity contribution is 0.284. The van der Waals surface area contributed by atoms with Crippen LogP contribution in [0.4, 0.5) is 0 Å². The summed E-state index contributed by atoms with van der Waals surface area (Å²) in [5.41, 5.74) is 1.16. The Bertz CT molecular complexity index is 1220. The normalized spacial score (nSPS) is 11.6. The van der Waals surface area contributed by atoms with E-state index in [1.165, 1.54) is 25.3 Å². The summed E-state index contributed by atoms with van der Waals surface area (Å²) in [4.78, 5) is -0.358. The van der Waals surface area contributed by atoms with Crippen molar-refractivity contribution in [2.75, 3.05) is 7.11 Å². The van der Waals surface area contributed by atoms with Gasteiger partial charge in [0.25, 0.3) is 0 Å². The number of rotatable bonds is 7. The van der Waals surface area contributed by atoms with Crippen molar-refractivity contribution in [2.45, 2.75) is 11.5 Å². The monoisotopic (exact) mass is 439 g/mol. The average molecular weight is 440 g/mol. The second kappa shape index (κ2) is 9.49. The number of nitriles is 1. The van der Waals surface area contributed by atoms with Crippen molar-refractivity contribution in [3.05, 3.63) is 93.9 Å². The van der Waals surface area contributed by atoms with E-state index in [4.69, 9.17) is 21.1 Å². The number of hydrogen-bond acceptors (Lipinski definition) is 5. The van der Waals surface area contributed by atoms with Gasteiger partial charge in [0.15, 0.2) is 11.5 Å². The fourth-order valence-corrected chi connectivity index (χ4v) is 4.13. The molecule has 0 spiro atoms. The second-order valence-electron chi connectivity index (χ2n) is 6.20. The van der Waals surface area contributed by atoms with Crippen LogP contribution < -0.4 is 9.47 Å². The molecule has 3 aromatic carbocycles. The molecule has 0 unspecified atom stereocenters. The fraction of sp³-hybridized carbons (Fsp3) is 0.0870. The van der Waals surface area contributed by atoms with E-state index in [1.54, 1.807) is 48.5 Å². The van der Waals surface area contributed by atoms with Crippen molar-refractivity contribution < 1.29 is 17.9 Å². The molecule has 0 bridgehead atoms. The summed E-state index contributed by atoms with van der Waals surface area (Å²) in [5.74, 6) is 0.723. The van der Waals surface area contributed by atoms with Gasteiger partial charge in [-0.3, -0.25) is 0 Å². The average Bonchev–Trinajstić information content (AvgIpc) is 2.77. The first-order valence-corrected chi connectivity index (χ1v) is 10.8. The number of benzene rings is 3. The maximum absolute atomic E-state index is 12.9. The molecule has 0 atom stereocenters. The number of methoxy groups -OCH3 is 1. The van der Waals surface area contributed by atoms with Crippen LogP contribution in [0.2, 0.25) is 5.02 Å². The van der Waals surface area contributed by atoms with E-state index in [0.717, 1.165) is 5.56 Å². The van der Waals surface area contributed by atoms with Crippen LogP contribution in [0.5, 0.6) is 11.5 Å². The first-order chi connectivity index (χ1) is 14.5. The highest BCUT2D eigenvalue weighted by Gasteiger charge is 2.22. The molecule has 0 heterocycles. The Morgan fingerprint density at radius 2 is 1.73 bits per heavy atom. The molecule has 3 aromatic rings. The predicted molar refractivity (Wildman–Crippen MR) is 116 cm³/mol. The van der Waals surface area contributed by atoms with Gasteiger partial charge in [0, 0.05) is 16.1 Å². The number of halogens is 1. The Balaban J connectivity index is 2.03. The number of para-hydroxylation sites is 1. The number of allylic oxidation sites excluding steroid dienone is 1. The third kappa shape index (κ3) is 4.65. The molecule has 0 aliphatic heterocycles. The summed E-state index contributed by atoms with van der Waals surface area (Å²) in [6, 6.07) is 21.9. The third-order valence-electron chi connectivity index (χ3n) is 4.30. The van der Waals surface area contributed by atoms with Crippen molar-refractivity contribution in [1.82, 2.24) is 0 Å². The molecule has 3 rings (SSSR count). The molecule has 7 heteroatoms. The smallest absolute Gasteiger partial charge is 0.216 e. The van der Waals surface area contributed by atoms with Crippen molar-refractivity contribution in [1.29, 1.82) is 5.26 Å². The van der Waals surface area contributed by atoms with Crippen LogP contribution in [0.3, 0.4) is 0 Å². The molecule has 0 aromatic heterocycles. The minimum Gasteiger partial charge on any atom is -0.493 e. The maximum Gasteiger partial charge on any atom is 0.216 e. The van der Waals surface area contributed by atoms with E-state index in [0.29, 0.717) is 22.1 Å². The molecule has 0 aliphatic carbocycles. The van der Waals surface area contributed by atoms with E-state index in [-0.39, 0.29) is 11.5 Å². The SMILES string of the molecule is COc1cccc(C=C(C#N)S(=O)(=O)c2ccccc2)c1OCc1ccccc1Cl. The Hall–Kier alpha value is -3.27. The molecular formula is C23H18ClNO4S. The Labute approximate surface area is 180 Å². The number of hydrogen-bond donors (Lipinski definition) is 0. The minimum absolute atomic E-state index is 0.0410. The van der Waals surface area contributed by atoms with Crippen LogP contribution in [0, 0.1) is 11.3 Å². The predicted octanol–water partition coefficient (Wildman–Crippen LogP) is 5.27. The van der Waals surface area contributed by atoms with Crippen molar-refractivity contribution >= 4 is 27.5 Å². The molecule has 0 amide bonds. The Morgan fingerprint density at radius 1 is 1.03 bits per heavy atom. The van der Waals surface area contributed by atoms with Gasteiger partial charge in [0.2, 0.25) is 9.84 Å². The van der Waals surface area contributed by atoms with Crippen molar-refractivity contribution in [3.8, 4) is 17.6 Å². The van der Waals surface area contributed by atoms with Gasteiger partial charge >= 0.3 is 0 Å². The lowest BCUT2D eigenvalue weighted by Gasteiger charge is -2.14. The van der Waals surface area contributed by atoms with Crippen LogP contribution in [0.25, 0.3) is 6.08 Å². The van der Waals surface area contributed by atoms with E-state index in [9.17, 15) is 13.7 Å². The summed E-state index contributed by atoms with van der Waals surface area (Å²) in [6.07, 6.45) is 1.28. The summed E-state index contributed by atoms with van der Waals surface area (Å²) < 4.78 is 37.1.